The summed E-state index contributed by atoms with van der Waals surface area (Å²) in [5, 5.41) is 16.4. The number of anilines is 1. The number of aromatic hydroxyl groups is 1. The third-order valence-electron chi connectivity index (χ3n) is 5.49. The predicted octanol–water partition coefficient (Wildman–Crippen LogP) is 5.22. The molecule has 35 heavy (non-hydrogen) atoms. The summed E-state index contributed by atoms with van der Waals surface area (Å²) in [6.45, 7) is 3.82. The Balaban J connectivity index is 1.56. The molecular formula is C26H25N3O5S. The Hall–Kier alpha value is -4.11. The average molecular weight is 492 g/mol. The van der Waals surface area contributed by atoms with Gasteiger partial charge >= 0.3 is 0 Å². The number of methoxy groups -OCH3 is 2. The molecule has 0 aliphatic heterocycles. The summed E-state index contributed by atoms with van der Waals surface area (Å²) >= 11 is 5.34. The van der Waals surface area contributed by atoms with E-state index in [1.54, 1.807) is 37.3 Å². The number of hydrogen-bond donors (Lipinski definition) is 3. The summed E-state index contributed by atoms with van der Waals surface area (Å²) in [6, 6.07) is 14.0. The second-order valence-corrected chi connectivity index (χ2v) is 8.28. The van der Waals surface area contributed by atoms with E-state index in [4.69, 9.17) is 26.1 Å². The normalized spacial score (nSPS) is 10.7. The number of nitrogens with one attached hydrogen (secondary N) is 2. The molecule has 4 aromatic rings. The van der Waals surface area contributed by atoms with Crippen LogP contribution in [0.15, 0.2) is 52.9 Å². The van der Waals surface area contributed by atoms with Gasteiger partial charge in [0.05, 0.1) is 19.8 Å². The summed E-state index contributed by atoms with van der Waals surface area (Å²) in [5.41, 5.74) is 4.37. The minimum Gasteiger partial charge on any atom is -0.507 e. The smallest absolute Gasteiger partial charge is 0.257 e. The van der Waals surface area contributed by atoms with Gasteiger partial charge in [-0.15, -0.1) is 0 Å². The molecule has 3 aromatic carbocycles. The van der Waals surface area contributed by atoms with E-state index in [1.165, 1.54) is 14.2 Å². The number of hydrogen-bond acceptors (Lipinski definition) is 7. The number of phenolic OH excluding ortho intramolecular Hbond substituents is 1. The molecule has 3 N–H and O–H groups in total. The van der Waals surface area contributed by atoms with Crippen molar-refractivity contribution in [2.24, 2.45) is 0 Å². The van der Waals surface area contributed by atoms with Gasteiger partial charge in [0.25, 0.3) is 5.91 Å². The largest absolute Gasteiger partial charge is 0.507 e. The second kappa shape index (κ2) is 10.0. The van der Waals surface area contributed by atoms with Gasteiger partial charge in [-0.1, -0.05) is 13.0 Å². The number of amides is 1. The fourth-order valence-corrected chi connectivity index (χ4v) is 3.81. The molecule has 9 heteroatoms. The van der Waals surface area contributed by atoms with Gasteiger partial charge in [-0.05, 0) is 73.1 Å². The van der Waals surface area contributed by atoms with Crippen LogP contribution in [0.2, 0.25) is 0 Å². The Labute approximate surface area is 207 Å². The van der Waals surface area contributed by atoms with Crippen molar-refractivity contribution in [3.05, 3.63) is 65.2 Å². The van der Waals surface area contributed by atoms with Crippen LogP contribution < -0.4 is 20.1 Å². The van der Waals surface area contributed by atoms with Gasteiger partial charge in [-0.2, -0.15) is 0 Å². The van der Waals surface area contributed by atoms with Crippen LogP contribution >= 0.6 is 12.2 Å². The zero-order valence-electron chi connectivity index (χ0n) is 19.8. The third-order valence-corrected chi connectivity index (χ3v) is 5.69. The van der Waals surface area contributed by atoms with Gasteiger partial charge in [0, 0.05) is 17.3 Å². The highest BCUT2D eigenvalue weighted by Gasteiger charge is 2.17. The number of oxazole rings is 1. The molecule has 0 aliphatic rings. The van der Waals surface area contributed by atoms with E-state index >= 15 is 0 Å². The van der Waals surface area contributed by atoms with Crippen LogP contribution in [0.1, 0.15) is 28.4 Å². The van der Waals surface area contributed by atoms with Crippen LogP contribution in [0.25, 0.3) is 22.6 Å². The summed E-state index contributed by atoms with van der Waals surface area (Å²) in [5.74, 6) is 0.876. The molecule has 1 amide bonds. The number of aryl methyl sites for hydroxylation is 2. The number of fused-ring (bicyclic) bond motifs is 1. The Bertz CT molecular complexity index is 1410. The number of rotatable bonds is 6. The number of carbonyl (C=O) groups excluding carboxylic acids is 1. The van der Waals surface area contributed by atoms with Crippen LogP contribution in [-0.2, 0) is 6.42 Å². The molecule has 0 atom stereocenters. The molecule has 0 saturated carbocycles. The highest BCUT2D eigenvalue weighted by Crippen LogP contribution is 2.36. The number of ether oxygens (including phenoxy) is 2. The highest BCUT2D eigenvalue weighted by molar-refractivity contribution is 7.80. The van der Waals surface area contributed by atoms with E-state index in [1.807, 2.05) is 18.2 Å². The Kier molecular flexibility index (Phi) is 6.88. The minimum absolute atomic E-state index is 0.0521. The summed E-state index contributed by atoms with van der Waals surface area (Å²) in [4.78, 5) is 17.3. The molecule has 0 unspecified atom stereocenters. The molecule has 8 nitrogen and oxygen atoms in total. The average Bonchev–Trinajstić information content (AvgIpc) is 3.28. The van der Waals surface area contributed by atoms with E-state index in [2.05, 4.69) is 22.5 Å². The number of carbonyl (C=O) groups is 1. The standard InChI is InChI=1S/C26H25N3O5S/c1-5-15-6-7-22-21(9-15)28-25(34-22)20-12-17(8-14(2)23(20)30)27-26(35)29-24(31)16-10-18(32-3)13-19(11-16)33-4/h6-13,30H,5H2,1-4H3,(H2,27,29,31,35). The lowest BCUT2D eigenvalue weighted by Crippen LogP contribution is -2.34. The van der Waals surface area contributed by atoms with Gasteiger partial charge in [0.2, 0.25) is 5.89 Å². The fraction of sp³-hybridized carbons (Fsp3) is 0.192. The number of aromatic nitrogens is 1. The van der Waals surface area contributed by atoms with E-state index < -0.39 is 5.91 Å². The van der Waals surface area contributed by atoms with Crippen LogP contribution in [0.3, 0.4) is 0 Å². The number of nitrogens with zero attached hydrogens (tertiary/aromatic N) is 1. The molecule has 0 bridgehead atoms. The maximum absolute atomic E-state index is 12.7. The number of phenols is 1. The molecule has 0 spiro atoms. The van der Waals surface area contributed by atoms with E-state index in [0.29, 0.717) is 45.0 Å². The van der Waals surface area contributed by atoms with Gasteiger partial charge in [0.15, 0.2) is 10.7 Å². The first kappa shape index (κ1) is 24.0. The van der Waals surface area contributed by atoms with Crippen molar-refractivity contribution in [1.29, 1.82) is 0 Å². The summed E-state index contributed by atoms with van der Waals surface area (Å²) in [7, 11) is 3.01. The molecular weight excluding hydrogens is 466 g/mol. The van der Waals surface area contributed by atoms with Gasteiger partial charge in [0.1, 0.15) is 22.8 Å². The Morgan fingerprint density at radius 3 is 2.46 bits per heavy atom. The first-order chi connectivity index (χ1) is 16.8. The molecule has 0 aliphatic carbocycles. The van der Waals surface area contributed by atoms with Crippen molar-refractivity contribution in [3.8, 4) is 28.7 Å². The Morgan fingerprint density at radius 2 is 1.80 bits per heavy atom. The van der Waals surface area contributed by atoms with E-state index in [9.17, 15) is 9.90 Å². The zero-order chi connectivity index (χ0) is 25.1. The molecule has 1 aromatic heterocycles. The molecule has 180 valence electrons. The Morgan fingerprint density at radius 1 is 1.09 bits per heavy atom. The van der Waals surface area contributed by atoms with Crippen molar-refractivity contribution < 1.29 is 23.8 Å². The summed E-state index contributed by atoms with van der Waals surface area (Å²) in [6.07, 6.45) is 0.883. The maximum Gasteiger partial charge on any atom is 0.257 e. The molecule has 0 radical (unpaired) electrons. The predicted molar refractivity (Wildman–Crippen MR) is 138 cm³/mol. The molecule has 0 saturated heterocycles. The van der Waals surface area contributed by atoms with Crippen LogP contribution in [0, 0.1) is 6.92 Å². The monoisotopic (exact) mass is 491 g/mol. The van der Waals surface area contributed by atoms with Crippen LogP contribution in [0.4, 0.5) is 5.69 Å². The third kappa shape index (κ3) is 5.20. The van der Waals surface area contributed by atoms with Crippen molar-refractivity contribution in [2.75, 3.05) is 19.5 Å². The fourth-order valence-electron chi connectivity index (χ4n) is 3.60. The molecule has 4 rings (SSSR count). The highest BCUT2D eigenvalue weighted by atomic mass is 32.1. The van der Waals surface area contributed by atoms with E-state index in [-0.39, 0.29) is 16.8 Å². The van der Waals surface area contributed by atoms with Crippen molar-refractivity contribution >= 4 is 40.0 Å². The van der Waals surface area contributed by atoms with Crippen molar-refractivity contribution in [1.82, 2.24) is 10.3 Å². The lowest BCUT2D eigenvalue weighted by molar-refractivity contribution is 0.0977. The van der Waals surface area contributed by atoms with Crippen LogP contribution in [0.5, 0.6) is 17.2 Å². The van der Waals surface area contributed by atoms with Crippen LogP contribution in [-0.4, -0.2) is 35.3 Å². The quantitative estimate of drug-likeness (QED) is 0.249. The lowest BCUT2D eigenvalue weighted by atomic mass is 10.1. The summed E-state index contributed by atoms with van der Waals surface area (Å²) < 4.78 is 16.3. The lowest BCUT2D eigenvalue weighted by Gasteiger charge is -2.13. The first-order valence-corrected chi connectivity index (χ1v) is 11.3. The number of thiocarbonyl (C=S) groups is 1. The first-order valence-electron chi connectivity index (χ1n) is 10.9. The zero-order valence-corrected chi connectivity index (χ0v) is 20.6. The SMILES string of the molecule is CCc1ccc2oc(-c3cc(NC(=S)NC(=O)c4cc(OC)cc(OC)c4)cc(C)c3O)nc2c1. The van der Waals surface area contributed by atoms with Gasteiger partial charge < -0.3 is 24.3 Å². The van der Waals surface area contributed by atoms with E-state index in [0.717, 1.165) is 12.0 Å². The van der Waals surface area contributed by atoms with Crippen molar-refractivity contribution in [2.45, 2.75) is 20.3 Å². The minimum atomic E-state index is -0.430. The molecule has 0 fully saturated rings. The molecule has 1 heterocycles. The maximum atomic E-state index is 12.7. The number of benzene rings is 3. The van der Waals surface area contributed by atoms with Gasteiger partial charge in [-0.25, -0.2) is 4.98 Å². The topological polar surface area (TPSA) is 106 Å². The van der Waals surface area contributed by atoms with Crippen molar-refractivity contribution in [3.63, 3.8) is 0 Å². The van der Waals surface area contributed by atoms with Gasteiger partial charge in [-0.3, -0.25) is 10.1 Å². The second-order valence-electron chi connectivity index (χ2n) is 7.87.